The Morgan fingerprint density at radius 2 is 2.14 bits per heavy atom. The molecule has 1 aliphatic rings. The molecular formula is C17H17BrN2O. The zero-order valence-corrected chi connectivity index (χ0v) is 13.4. The van der Waals surface area contributed by atoms with E-state index >= 15 is 0 Å². The maximum Gasteiger partial charge on any atom is 0.224 e. The Morgan fingerprint density at radius 1 is 1.33 bits per heavy atom. The summed E-state index contributed by atoms with van der Waals surface area (Å²) in [7, 11) is 0. The van der Waals surface area contributed by atoms with Gasteiger partial charge in [0, 0.05) is 22.8 Å². The summed E-state index contributed by atoms with van der Waals surface area (Å²) in [6.45, 7) is 1.99. The van der Waals surface area contributed by atoms with Crippen molar-refractivity contribution in [3.05, 3.63) is 64.4 Å². The minimum Gasteiger partial charge on any atom is -0.349 e. The molecule has 0 radical (unpaired) electrons. The maximum absolute atomic E-state index is 12.3. The molecule has 0 spiro atoms. The van der Waals surface area contributed by atoms with Gasteiger partial charge in [-0.15, -0.1) is 0 Å². The summed E-state index contributed by atoms with van der Waals surface area (Å²) < 4.78 is 1.09. The molecular weight excluding hydrogens is 328 g/mol. The average Bonchev–Trinajstić information content (AvgIpc) is 3.29. The lowest BCUT2D eigenvalue weighted by Crippen LogP contribution is -2.28. The number of amides is 1. The highest BCUT2D eigenvalue weighted by Gasteiger charge is 2.44. The van der Waals surface area contributed by atoms with Crippen molar-refractivity contribution in [2.24, 2.45) is 5.92 Å². The third-order valence-corrected chi connectivity index (χ3v) is 4.70. The lowest BCUT2D eigenvalue weighted by molar-refractivity contribution is -0.123. The summed E-state index contributed by atoms with van der Waals surface area (Å²) in [6.07, 6.45) is 4.46. The number of pyridine rings is 1. The summed E-state index contributed by atoms with van der Waals surface area (Å²) in [5.41, 5.74) is 2.26. The van der Waals surface area contributed by atoms with Gasteiger partial charge in [0.2, 0.25) is 5.91 Å². The van der Waals surface area contributed by atoms with Crippen LogP contribution < -0.4 is 5.32 Å². The van der Waals surface area contributed by atoms with Crippen LogP contribution in [0.3, 0.4) is 0 Å². The number of hydrogen-bond donors (Lipinski definition) is 1. The monoisotopic (exact) mass is 344 g/mol. The summed E-state index contributed by atoms with van der Waals surface area (Å²) in [4.78, 5) is 16.4. The van der Waals surface area contributed by atoms with Crippen molar-refractivity contribution in [1.29, 1.82) is 0 Å². The van der Waals surface area contributed by atoms with E-state index in [1.54, 1.807) is 12.4 Å². The van der Waals surface area contributed by atoms with E-state index in [0.717, 1.165) is 16.5 Å². The van der Waals surface area contributed by atoms with Crippen LogP contribution >= 0.6 is 15.9 Å². The zero-order valence-electron chi connectivity index (χ0n) is 11.8. The first-order valence-corrected chi connectivity index (χ1v) is 7.91. The van der Waals surface area contributed by atoms with Crippen molar-refractivity contribution in [1.82, 2.24) is 10.3 Å². The first kappa shape index (κ1) is 14.3. The standard InChI is InChI=1S/C17H17BrN2O/c1-11(12-5-4-8-19-10-12)20-17(21)15-9-14(15)13-6-2-3-7-16(13)18/h2-8,10-11,14-15H,9H2,1H3,(H,20,21)/t11-,14-,15+/m0/s1. The highest BCUT2D eigenvalue weighted by molar-refractivity contribution is 9.10. The topological polar surface area (TPSA) is 42.0 Å². The minimum atomic E-state index is -0.00772. The molecule has 2 aromatic rings. The molecule has 21 heavy (non-hydrogen) atoms. The molecule has 1 aromatic carbocycles. The lowest BCUT2D eigenvalue weighted by Gasteiger charge is -2.14. The quantitative estimate of drug-likeness (QED) is 0.915. The van der Waals surface area contributed by atoms with E-state index in [1.807, 2.05) is 37.3 Å². The zero-order chi connectivity index (χ0) is 14.8. The third kappa shape index (κ3) is 3.16. The predicted octanol–water partition coefficient (Wildman–Crippen LogP) is 3.83. The van der Waals surface area contributed by atoms with Crippen LogP contribution in [0.15, 0.2) is 53.3 Å². The van der Waals surface area contributed by atoms with Crippen LogP contribution in [0.2, 0.25) is 0 Å². The third-order valence-electron chi connectivity index (χ3n) is 3.98. The molecule has 1 N–H and O–H groups in total. The van der Waals surface area contributed by atoms with Gasteiger partial charge in [-0.2, -0.15) is 0 Å². The van der Waals surface area contributed by atoms with E-state index < -0.39 is 0 Å². The van der Waals surface area contributed by atoms with Gasteiger partial charge in [-0.3, -0.25) is 9.78 Å². The second kappa shape index (κ2) is 5.98. The van der Waals surface area contributed by atoms with Gasteiger partial charge in [0.25, 0.3) is 0 Å². The molecule has 4 heteroatoms. The molecule has 0 aliphatic heterocycles. The minimum absolute atomic E-state index is 0.00772. The van der Waals surface area contributed by atoms with Crippen molar-refractivity contribution in [3.8, 4) is 0 Å². The molecule has 1 fully saturated rings. The average molecular weight is 345 g/mol. The Kier molecular flexibility index (Phi) is 4.06. The highest BCUT2D eigenvalue weighted by atomic mass is 79.9. The van der Waals surface area contributed by atoms with Gasteiger partial charge in [0.1, 0.15) is 0 Å². The fourth-order valence-electron chi connectivity index (χ4n) is 2.64. The van der Waals surface area contributed by atoms with Crippen LogP contribution in [0.5, 0.6) is 0 Å². The number of halogens is 1. The molecule has 1 amide bonds. The largest absolute Gasteiger partial charge is 0.349 e. The van der Waals surface area contributed by atoms with E-state index in [-0.39, 0.29) is 17.9 Å². The first-order chi connectivity index (χ1) is 10.2. The van der Waals surface area contributed by atoms with Gasteiger partial charge in [-0.25, -0.2) is 0 Å². The number of benzene rings is 1. The summed E-state index contributed by atoms with van der Waals surface area (Å²) >= 11 is 3.56. The molecule has 108 valence electrons. The molecule has 0 bridgehead atoms. The number of hydrogen-bond acceptors (Lipinski definition) is 2. The van der Waals surface area contributed by atoms with E-state index in [0.29, 0.717) is 5.92 Å². The number of rotatable bonds is 4. The smallest absolute Gasteiger partial charge is 0.224 e. The molecule has 0 saturated heterocycles. The van der Waals surface area contributed by atoms with Crippen molar-refractivity contribution in [2.45, 2.75) is 25.3 Å². The SMILES string of the molecule is C[C@H](NC(=O)[C@@H]1C[C@H]1c1ccccc1Br)c1cccnc1. The van der Waals surface area contributed by atoms with E-state index in [2.05, 4.69) is 32.3 Å². The van der Waals surface area contributed by atoms with Crippen LogP contribution in [0.1, 0.15) is 36.4 Å². The summed E-state index contributed by atoms with van der Waals surface area (Å²) in [5.74, 6) is 0.552. The molecule has 3 rings (SSSR count). The number of nitrogens with zero attached hydrogens (tertiary/aromatic N) is 1. The van der Waals surface area contributed by atoms with Crippen LogP contribution in [0.25, 0.3) is 0 Å². The Labute approximate surface area is 132 Å². The van der Waals surface area contributed by atoms with Crippen LogP contribution in [0.4, 0.5) is 0 Å². The van der Waals surface area contributed by atoms with Gasteiger partial charge in [-0.1, -0.05) is 40.2 Å². The van der Waals surface area contributed by atoms with Gasteiger partial charge in [0.15, 0.2) is 0 Å². The molecule has 1 heterocycles. The van der Waals surface area contributed by atoms with Crippen molar-refractivity contribution in [3.63, 3.8) is 0 Å². The normalized spacial score (nSPS) is 21.6. The molecule has 1 aliphatic carbocycles. The number of aromatic nitrogens is 1. The highest BCUT2D eigenvalue weighted by Crippen LogP contribution is 2.49. The molecule has 1 aromatic heterocycles. The predicted molar refractivity (Wildman–Crippen MR) is 85.8 cm³/mol. The van der Waals surface area contributed by atoms with Crippen LogP contribution in [-0.2, 0) is 4.79 Å². The second-order valence-electron chi connectivity index (χ2n) is 5.49. The fraction of sp³-hybridized carbons (Fsp3) is 0.294. The van der Waals surface area contributed by atoms with Gasteiger partial charge >= 0.3 is 0 Å². The number of carbonyl (C=O) groups is 1. The molecule has 3 nitrogen and oxygen atoms in total. The van der Waals surface area contributed by atoms with Crippen LogP contribution in [0, 0.1) is 5.92 Å². The molecule has 1 saturated carbocycles. The van der Waals surface area contributed by atoms with Crippen molar-refractivity contribution in [2.75, 3.05) is 0 Å². The van der Waals surface area contributed by atoms with Crippen molar-refractivity contribution >= 4 is 21.8 Å². The van der Waals surface area contributed by atoms with Crippen molar-refractivity contribution < 1.29 is 4.79 Å². The fourth-order valence-corrected chi connectivity index (χ4v) is 3.22. The lowest BCUT2D eigenvalue weighted by atomic mass is 10.1. The van der Waals surface area contributed by atoms with E-state index in [4.69, 9.17) is 0 Å². The number of carbonyl (C=O) groups excluding carboxylic acids is 1. The Bertz CT molecular complexity index is 644. The van der Waals surface area contributed by atoms with E-state index in [9.17, 15) is 4.79 Å². The van der Waals surface area contributed by atoms with Gasteiger partial charge < -0.3 is 5.32 Å². The summed E-state index contributed by atoms with van der Waals surface area (Å²) in [5, 5.41) is 3.08. The Morgan fingerprint density at radius 3 is 2.86 bits per heavy atom. The Balaban J connectivity index is 1.62. The van der Waals surface area contributed by atoms with Crippen LogP contribution in [-0.4, -0.2) is 10.9 Å². The summed E-state index contributed by atoms with van der Waals surface area (Å²) in [6, 6.07) is 12.0. The number of nitrogens with one attached hydrogen (secondary N) is 1. The Hall–Kier alpha value is -1.68. The molecule has 0 unspecified atom stereocenters. The maximum atomic E-state index is 12.3. The van der Waals surface area contributed by atoms with Gasteiger partial charge in [0.05, 0.1) is 6.04 Å². The van der Waals surface area contributed by atoms with E-state index in [1.165, 1.54) is 5.56 Å². The van der Waals surface area contributed by atoms with Gasteiger partial charge in [-0.05, 0) is 42.5 Å². The first-order valence-electron chi connectivity index (χ1n) is 7.11. The molecule has 3 atom stereocenters. The second-order valence-corrected chi connectivity index (χ2v) is 6.34.